The first-order valence-corrected chi connectivity index (χ1v) is 6.91. The highest BCUT2D eigenvalue weighted by molar-refractivity contribution is 6.30. The number of hydrogen-bond donors (Lipinski definition) is 3. The first-order chi connectivity index (χ1) is 10.8. The van der Waals surface area contributed by atoms with E-state index in [-0.39, 0.29) is 0 Å². The molecule has 0 amide bonds. The number of aromatic amines is 1. The Bertz CT molecular complexity index is 768. The average Bonchev–Trinajstić information content (AvgIpc) is 2.76. The number of alkyl halides is 1. The second kappa shape index (κ2) is 6.41. The molecule has 1 fully saturated rings. The molecule has 126 valence electrons. The lowest BCUT2D eigenvalue weighted by molar-refractivity contribution is -0.0766. The molecule has 0 bridgehead atoms. The summed E-state index contributed by atoms with van der Waals surface area (Å²) in [5.74, 6) is -0.689. The normalized spacial score (nSPS) is 31.5. The number of halogens is 3. The van der Waals surface area contributed by atoms with Crippen LogP contribution in [0, 0.1) is 23.0 Å². The molecule has 0 spiro atoms. The second-order valence-electron chi connectivity index (χ2n) is 5.11. The van der Waals surface area contributed by atoms with E-state index < -0.39 is 53.7 Å². The smallest absolute Gasteiger partial charge is 0.330 e. The Labute approximate surface area is 133 Å². The van der Waals surface area contributed by atoms with E-state index in [1.807, 2.05) is 11.3 Å². The number of nitrogens with zero attached hydrogens (tertiary/aromatic N) is 1. The zero-order valence-electron chi connectivity index (χ0n) is 11.8. The summed E-state index contributed by atoms with van der Waals surface area (Å²) in [6.45, 7) is 0.523. The van der Waals surface area contributed by atoms with Crippen LogP contribution in [0.25, 0.3) is 0 Å². The molecule has 10 heteroatoms. The third-order valence-corrected chi connectivity index (χ3v) is 3.76. The maximum atomic E-state index is 15.3. The van der Waals surface area contributed by atoms with E-state index >= 15 is 4.39 Å². The van der Waals surface area contributed by atoms with Crippen LogP contribution in [0.2, 0.25) is 0 Å². The van der Waals surface area contributed by atoms with Crippen LogP contribution < -0.4 is 11.2 Å². The topological polar surface area (TPSA) is 105 Å². The van der Waals surface area contributed by atoms with Gasteiger partial charge in [-0.1, -0.05) is 0 Å². The Balaban J connectivity index is 2.64. The molecule has 0 aliphatic carbocycles. The third-order valence-electron chi connectivity index (χ3n) is 3.67. The predicted molar refractivity (Wildman–Crippen MR) is 74.9 cm³/mol. The van der Waals surface area contributed by atoms with Crippen molar-refractivity contribution in [2.75, 3.05) is 6.61 Å². The number of H-pyrrole nitrogens is 1. The van der Waals surface area contributed by atoms with E-state index in [0.29, 0.717) is 10.8 Å². The van der Waals surface area contributed by atoms with E-state index in [1.165, 1.54) is 6.92 Å². The Morgan fingerprint density at radius 1 is 1.61 bits per heavy atom. The molecule has 0 radical (unpaired) electrons. The van der Waals surface area contributed by atoms with E-state index in [0.717, 1.165) is 0 Å². The van der Waals surface area contributed by atoms with Crippen LogP contribution in [0.4, 0.5) is 8.78 Å². The first kappa shape index (κ1) is 17.6. The summed E-state index contributed by atoms with van der Waals surface area (Å²) in [4.78, 5) is 24.6. The molecule has 2 unspecified atom stereocenters. The van der Waals surface area contributed by atoms with Gasteiger partial charge < -0.3 is 14.9 Å². The minimum absolute atomic E-state index is 0.461. The highest BCUT2D eigenvalue weighted by Crippen LogP contribution is 2.45. The lowest BCUT2D eigenvalue weighted by Crippen LogP contribution is -2.44. The minimum atomic E-state index is -2.69. The van der Waals surface area contributed by atoms with Crippen molar-refractivity contribution in [3.8, 4) is 11.3 Å². The van der Waals surface area contributed by atoms with Gasteiger partial charge in [-0.05, 0) is 24.4 Å². The lowest BCUT2D eigenvalue weighted by Gasteiger charge is -2.26. The number of aliphatic hydroxyl groups is 2. The van der Waals surface area contributed by atoms with Gasteiger partial charge in [0.05, 0.1) is 30.9 Å². The van der Waals surface area contributed by atoms with Crippen molar-refractivity contribution >= 4 is 11.6 Å². The Morgan fingerprint density at radius 2 is 2.26 bits per heavy atom. The summed E-state index contributed by atoms with van der Waals surface area (Å²) >= 11 is 5.25. The zero-order chi connectivity index (χ0) is 17.4. The number of aromatic nitrogens is 2. The van der Waals surface area contributed by atoms with Gasteiger partial charge in [-0.25, -0.2) is 9.18 Å². The third kappa shape index (κ3) is 2.90. The number of rotatable bonds is 3. The fraction of sp³-hybridized carbons (Fsp3) is 0.538. The van der Waals surface area contributed by atoms with Crippen LogP contribution in [0.15, 0.2) is 15.8 Å². The van der Waals surface area contributed by atoms with Crippen LogP contribution in [0.1, 0.15) is 13.2 Å². The van der Waals surface area contributed by atoms with Crippen molar-refractivity contribution in [1.29, 1.82) is 0 Å². The highest BCUT2D eigenvalue weighted by Gasteiger charge is 2.59. The van der Waals surface area contributed by atoms with Gasteiger partial charge >= 0.3 is 5.69 Å². The summed E-state index contributed by atoms with van der Waals surface area (Å²) in [6, 6.07) is 0. The van der Waals surface area contributed by atoms with Crippen LogP contribution in [-0.4, -0.2) is 44.2 Å². The summed E-state index contributed by atoms with van der Waals surface area (Å²) in [5.41, 5.74) is -5.10. The van der Waals surface area contributed by atoms with Crippen LogP contribution in [-0.2, 0) is 4.74 Å². The molecule has 0 saturated carbocycles. The Hall–Kier alpha value is -1.73. The number of aliphatic hydroxyl groups excluding tert-OH is 2. The molecule has 1 aliphatic heterocycles. The average molecular weight is 351 g/mol. The minimum Gasteiger partial charge on any atom is -0.396 e. The highest BCUT2D eigenvalue weighted by atomic mass is 35.5. The van der Waals surface area contributed by atoms with Crippen LogP contribution in [0.3, 0.4) is 0 Å². The fourth-order valence-electron chi connectivity index (χ4n) is 2.58. The molecule has 0 aromatic carbocycles. The van der Waals surface area contributed by atoms with Gasteiger partial charge in [0.2, 0.25) is 11.5 Å². The van der Waals surface area contributed by atoms with E-state index in [9.17, 15) is 24.2 Å². The molecule has 7 nitrogen and oxygen atoms in total. The maximum absolute atomic E-state index is 15.3. The molecule has 1 aliphatic rings. The first-order valence-electron chi connectivity index (χ1n) is 6.53. The quantitative estimate of drug-likeness (QED) is 0.636. The van der Waals surface area contributed by atoms with Crippen molar-refractivity contribution < 1.29 is 23.7 Å². The van der Waals surface area contributed by atoms with Crippen molar-refractivity contribution in [3.05, 3.63) is 32.9 Å². The van der Waals surface area contributed by atoms with Crippen molar-refractivity contribution in [2.45, 2.75) is 31.0 Å². The summed E-state index contributed by atoms with van der Waals surface area (Å²) in [7, 11) is 0. The lowest BCUT2D eigenvalue weighted by atomic mass is 9.85. The number of ether oxygens (including phenoxy) is 1. The van der Waals surface area contributed by atoms with E-state index in [2.05, 4.69) is 0 Å². The van der Waals surface area contributed by atoms with Gasteiger partial charge in [0.15, 0.2) is 6.23 Å². The molecule has 1 aromatic heterocycles. The predicted octanol–water partition coefficient (Wildman–Crippen LogP) is -0.530. The molecule has 5 atom stereocenters. The van der Waals surface area contributed by atoms with Crippen LogP contribution in [0.5, 0.6) is 0 Å². The fourth-order valence-corrected chi connectivity index (χ4v) is 2.73. The Kier molecular flexibility index (Phi) is 4.91. The molecular weight excluding hydrogens is 338 g/mol. The van der Waals surface area contributed by atoms with Gasteiger partial charge in [-0.2, -0.15) is 4.39 Å². The molecular formula is C13H13ClF2N2O5. The van der Waals surface area contributed by atoms with Gasteiger partial charge in [0, 0.05) is 5.38 Å². The largest absolute Gasteiger partial charge is 0.396 e. The molecule has 1 saturated heterocycles. The molecule has 23 heavy (non-hydrogen) atoms. The van der Waals surface area contributed by atoms with Gasteiger partial charge in [0.1, 0.15) is 0 Å². The number of hydrogen-bond acceptors (Lipinski definition) is 5. The van der Waals surface area contributed by atoms with Gasteiger partial charge in [-0.15, -0.1) is 0 Å². The van der Waals surface area contributed by atoms with E-state index in [1.54, 1.807) is 4.98 Å². The summed E-state index contributed by atoms with van der Waals surface area (Å²) in [6.07, 6.45) is -3.79. The van der Waals surface area contributed by atoms with E-state index in [4.69, 9.17) is 16.3 Å². The van der Waals surface area contributed by atoms with Crippen molar-refractivity contribution in [3.63, 3.8) is 0 Å². The number of nitrogens with one attached hydrogen (secondary N) is 1. The van der Waals surface area contributed by atoms with Gasteiger partial charge in [-0.3, -0.25) is 14.3 Å². The molecule has 2 rings (SSSR count). The van der Waals surface area contributed by atoms with Gasteiger partial charge in [0.25, 0.3) is 5.56 Å². The van der Waals surface area contributed by atoms with Crippen LogP contribution >= 0.6 is 11.6 Å². The monoisotopic (exact) mass is 350 g/mol. The summed E-state index contributed by atoms with van der Waals surface area (Å²) in [5, 5.41) is 20.9. The zero-order valence-corrected chi connectivity index (χ0v) is 12.6. The molecule has 2 heterocycles. The maximum Gasteiger partial charge on any atom is 0.330 e. The van der Waals surface area contributed by atoms with Crippen molar-refractivity contribution in [1.82, 2.24) is 9.55 Å². The molecule has 3 N–H and O–H groups in total. The van der Waals surface area contributed by atoms with Crippen molar-refractivity contribution in [2.24, 2.45) is 5.92 Å². The second-order valence-corrected chi connectivity index (χ2v) is 5.30. The standard InChI is InChI=1S/C13H13ClF2N2O5/c1-6(20)9-7(5-19)13(16,2-3-14)11(23-9)18-4-8(15)10(21)17-12(18)22/h4,6-7,9,11,19-20H,5H2,1H3,(H,17,21,22)/t6-,7?,9+,11+,13?/m0/s1. The SMILES string of the molecule is C[C@H](O)[C@H]1O[C@@H](n2cc(F)c(=O)[nH]c2=O)C(F)(C#CCl)C1CO. The molecule has 1 aromatic rings. The summed E-state index contributed by atoms with van der Waals surface area (Å²) < 4.78 is 34.5. The Morgan fingerprint density at radius 3 is 2.78 bits per heavy atom.